The summed E-state index contributed by atoms with van der Waals surface area (Å²) < 4.78 is 40.1. The maximum absolute atomic E-state index is 14.9. The van der Waals surface area contributed by atoms with Crippen molar-refractivity contribution in [1.82, 2.24) is 15.0 Å². The third kappa shape index (κ3) is 4.15. The van der Waals surface area contributed by atoms with E-state index in [-0.39, 0.29) is 11.1 Å². The van der Waals surface area contributed by atoms with Gasteiger partial charge < -0.3 is 19.5 Å². The van der Waals surface area contributed by atoms with Crippen LogP contribution in [0.2, 0.25) is 0 Å². The highest BCUT2D eigenvalue weighted by Crippen LogP contribution is 2.34. The van der Waals surface area contributed by atoms with Crippen molar-refractivity contribution in [1.29, 1.82) is 0 Å². The zero-order chi connectivity index (χ0) is 23.7. The summed E-state index contributed by atoms with van der Waals surface area (Å²) in [5.41, 5.74) is 2.28. The zero-order valence-electron chi connectivity index (χ0n) is 18.4. The number of aromatic nitrogens is 3. The molecule has 0 saturated carbocycles. The number of hydrogen-bond acceptors (Lipinski definition) is 7. The Morgan fingerprint density at radius 3 is 2.56 bits per heavy atom. The molecule has 1 fully saturated rings. The zero-order valence-corrected chi connectivity index (χ0v) is 18.4. The smallest absolute Gasteiger partial charge is 0.212 e. The van der Waals surface area contributed by atoms with Crippen molar-refractivity contribution in [3.63, 3.8) is 0 Å². The summed E-state index contributed by atoms with van der Waals surface area (Å²) in [6, 6.07) is 10.9. The van der Waals surface area contributed by atoms with E-state index < -0.39 is 17.7 Å². The van der Waals surface area contributed by atoms with Crippen LogP contribution in [0.5, 0.6) is 5.88 Å². The molecule has 1 unspecified atom stereocenters. The minimum atomic E-state index is -1.35. The van der Waals surface area contributed by atoms with E-state index in [0.29, 0.717) is 41.3 Å². The maximum atomic E-state index is 14.9. The Morgan fingerprint density at radius 1 is 1.00 bits per heavy atom. The van der Waals surface area contributed by atoms with E-state index in [1.165, 1.54) is 25.7 Å². The molecule has 3 heterocycles. The summed E-state index contributed by atoms with van der Waals surface area (Å²) in [5.74, 6) is -1.28. The highest BCUT2D eigenvalue weighted by Gasteiger charge is 2.22. The Hall–Kier alpha value is -3.69. The highest BCUT2D eigenvalue weighted by molar-refractivity contribution is 5.94. The Bertz CT molecular complexity index is 1330. The molecule has 174 valence electrons. The summed E-state index contributed by atoms with van der Waals surface area (Å²) in [6.45, 7) is 2.86. The van der Waals surface area contributed by atoms with Crippen LogP contribution in [0.15, 0.2) is 55.0 Å². The summed E-state index contributed by atoms with van der Waals surface area (Å²) in [4.78, 5) is 14.9. The van der Waals surface area contributed by atoms with Crippen LogP contribution in [-0.4, -0.2) is 53.5 Å². The van der Waals surface area contributed by atoms with Crippen LogP contribution in [0.1, 0.15) is 17.2 Å². The number of halogens is 2. The highest BCUT2D eigenvalue weighted by atomic mass is 19.1. The fraction of sp³-hybridized carbons (Fsp3) is 0.240. The summed E-state index contributed by atoms with van der Waals surface area (Å²) >= 11 is 0. The molecule has 7 nitrogen and oxygen atoms in total. The molecule has 0 radical (unpaired) electrons. The molecule has 1 aliphatic heterocycles. The number of morpholine rings is 1. The minimum Gasteiger partial charge on any atom is -0.481 e. The molecular weight excluding hydrogens is 442 g/mol. The second kappa shape index (κ2) is 9.28. The van der Waals surface area contributed by atoms with E-state index in [1.54, 1.807) is 12.1 Å². The number of fused-ring (bicyclic) bond motifs is 1. The van der Waals surface area contributed by atoms with Crippen molar-refractivity contribution in [3.8, 4) is 17.1 Å². The lowest BCUT2D eigenvalue weighted by molar-refractivity contribution is 0.122. The maximum Gasteiger partial charge on any atom is 0.212 e. The van der Waals surface area contributed by atoms with Gasteiger partial charge in [-0.25, -0.2) is 23.7 Å². The van der Waals surface area contributed by atoms with Gasteiger partial charge in [-0.2, -0.15) is 0 Å². The number of benzene rings is 2. The molecule has 9 heteroatoms. The predicted octanol–water partition coefficient (Wildman–Crippen LogP) is 3.90. The molecule has 1 N–H and O–H groups in total. The van der Waals surface area contributed by atoms with Gasteiger partial charge in [0.05, 0.1) is 31.5 Å². The summed E-state index contributed by atoms with van der Waals surface area (Å²) in [6.07, 6.45) is 1.39. The van der Waals surface area contributed by atoms with E-state index in [0.717, 1.165) is 24.8 Å². The largest absolute Gasteiger partial charge is 0.481 e. The normalized spacial score (nSPS) is 14.9. The van der Waals surface area contributed by atoms with Crippen molar-refractivity contribution in [2.45, 2.75) is 6.10 Å². The molecule has 1 aliphatic rings. The van der Waals surface area contributed by atoms with Crippen LogP contribution in [0.4, 0.5) is 14.5 Å². The lowest BCUT2D eigenvalue weighted by atomic mass is 9.97. The number of nitrogens with zero attached hydrogens (tertiary/aromatic N) is 4. The van der Waals surface area contributed by atoms with E-state index in [1.807, 2.05) is 18.2 Å². The third-order valence-electron chi connectivity index (χ3n) is 5.92. The number of hydrogen-bond donors (Lipinski definition) is 1. The lowest BCUT2D eigenvalue weighted by Crippen LogP contribution is -2.36. The van der Waals surface area contributed by atoms with Gasteiger partial charge in [0.25, 0.3) is 0 Å². The van der Waals surface area contributed by atoms with Gasteiger partial charge in [-0.15, -0.1) is 0 Å². The van der Waals surface area contributed by atoms with Crippen molar-refractivity contribution < 1.29 is 23.4 Å². The third-order valence-corrected chi connectivity index (χ3v) is 5.92. The average Bonchev–Trinajstić information content (AvgIpc) is 2.88. The molecule has 2 aromatic heterocycles. The van der Waals surface area contributed by atoms with Crippen molar-refractivity contribution in [2.24, 2.45) is 0 Å². The summed E-state index contributed by atoms with van der Waals surface area (Å²) in [7, 11) is 1.47. The van der Waals surface area contributed by atoms with Gasteiger partial charge in [0.2, 0.25) is 5.88 Å². The standard InChI is InChI=1S/C25H22F2N4O3/c1-33-23-5-2-15(13-28-23)25(32)19-11-18(20(26)12-21(19)27)24-17-4-3-16(10-22(17)29-14-30-24)31-6-8-34-9-7-31/h2-5,10-14,25,32H,6-9H2,1H3. The number of methoxy groups -OCH3 is 1. The Balaban J connectivity index is 1.55. The number of aliphatic hydroxyl groups is 1. The lowest BCUT2D eigenvalue weighted by Gasteiger charge is -2.29. The van der Waals surface area contributed by atoms with Crippen LogP contribution in [0.3, 0.4) is 0 Å². The van der Waals surface area contributed by atoms with Crippen molar-refractivity contribution in [2.75, 3.05) is 38.3 Å². The molecule has 2 aromatic carbocycles. The molecule has 4 aromatic rings. The molecule has 5 rings (SSSR count). The SMILES string of the molecule is COc1ccc(C(O)c2cc(-c3ncnc4cc(N5CCOCC5)ccc34)c(F)cc2F)cn1. The van der Waals surface area contributed by atoms with Crippen molar-refractivity contribution in [3.05, 3.63) is 77.8 Å². The molecule has 0 amide bonds. The average molecular weight is 464 g/mol. The van der Waals surface area contributed by atoms with Gasteiger partial charge in [0, 0.05) is 59.2 Å². The Labute approximate surface area is 194 Å². The fourth-order valence-corrected chi connectivity index (χ4v) is 4.09. The molecule has 34 heavy (non-hydrogen) atoms. The van der Waals surface area contributed by atoms with E-state index >= 15 is 0 Å². The molecule has 1 saturated heterocycles. The fourth-order valence-electron chi connectivity index (χ4n) is 4.09. The molecule has 0 bridgehead atoms. The van der Waals surface area contributed by atoms with E-state index in [9.17, 15) is 13.9 Å². The number of rotatable bonds is 5. The van der Waals surface area contributed by atoms with Crippen molar-refractivity contribution >= 4 is 16.6 Å². The van der Waals surface area contributed by atoms with Gasteiger partial charge >= 0.3 is 0 Å². The number of ether oxygens (including phenoxy) is 2. The number of pyridine rings is 1. The summed E-state index contributed by atoms with van der Waals surface area (Å²) in [5, 5.41) is 11.4. The quantitative estimate of drug-likeness (QED) is 0.480. The van der Waals surface area contributed by atoms with Gasteiger partial charge in [-0.1, -0.05) is 0 Å². The minimum absolute atomic E-state index is 0.0726. The van der Waals surface area contributed by atoms with Gasteiger partial charge in [-0.05, 0) is 30.3 Å². The van der Waals surface area contributed by atoms with E-state index in [4.69, 9.17) is 9.47 Å². The first-order chi connectivity index (χ1) is 16.5. The van der Waals surface area contributed by atoms with Crippen LogP contribution in [0.25, 0.3) is 22.2 Å². The van der Waals surface area contributed by atoms with Crippen LogP contribution in [-0.2, 0) is 4.74 Å². The molecule has 0 spiro atoms. The first-order valence-corrected chi connectivity index (χ1v) is 10.8. The van der Waals surface area contributed by atoms with E-state index in [2.05, 4.69) is 19.9 Å². The van der Waals surface area contributed by atoms with Crippen LogP contribution >= 0.6 is 0 Å². The monoisotopic (exact) mass is 464 g/mol. The second-order valence-electron chi connectivity index (χ2n) is 7.91. The Kier molecular flexibility index (Phi) is 6.04. The topological polar surface area (TPSA) is 80.6 Å². The number of aliphatic hydroxyl groups excluding tert-OH is 1. The first kappa shape index (κ1) is 22.1. The van der Waals surface area contributed by atoms with Gasteiger partial charge in [0.1, 0.15) is 24.1 Å². The number of anilines is 1. The predicted molar refractivity (Wildman–Crippen MR) is 123 cm³/mol. The molecule has 0 aliphatic carbocycles. The van der Waals surface area contributed by atoms with Crippen LogP contribution < -0.4 is 9.64 Å². The first-order valence-electron chi connectivity index (χ1n) is 10.8. The van der Waals surface area contributed by atoms with Crippen LogP contribution in [0, 0.1) is 11.6 Å². The second-order valence-corrected chi connectivity index (χ2v) is 7.91. The van der Waals surface area contributed by atoms with Gasteiger partial charge in [-0.3, -0.25) is 0 Å². The molecular formula is C25H22F2N4O3. The Morgan fingerprint density at radius 2 is 1.82 bits per heavy atom. The van der Waals surface area contributed by atoms with Gasteiger partial charge in [0.15, 0.2) is 0 Å². The molecule has 1 atom stereocenters.